The average Bonchev–Trinajstić information content (AvgIpc) is 3.05. The first-order valence-electron chi connectivity index (χ1n) is 8.68. The van der Waals surface area contributed by atoms with E-state index >= 15 is 0 Å². The molecule has 1 fully saturated rings. The number of halogens is 1. The molecule has 0 bridgehead atoms. The molecule has 0 aromatic heterocycles. The van der Waals surface area contributed by atoms with Crippen molar-refractivity contribution in [3.8, 4) is 11.1 Å². The molecule has 0 radical (unpaired) electrons. The van der Waals surface area contributed by atoms with E-state index in [-0.39, 0.29) is 5.82 Å². The molecule has 1 heterocycles. The molecule has 0 amide bonds. The van der Waals surface area contributed by atoms with Crippen LogP contribution < -0.4 is 0 Å². The average molecular weight is 323 g/mol. The van der Waals surface area contributed by atoms with Gasteiger partial charge >= 0.3 is 0 Å². The maximum Gasteiger partial charge on any atom is 0.123 e. The number of nitrogens with zero attached hydrogens (tertiary/aromatic N) is 1. The molecule has 24 heavy (non-hydrogen) atoms. The molecule has 3 heteroatoms. The van der Waals surface area contributed by atoms with Crippen molar-refractivity contribution in [2.45, 2.75) is 12.8 Å². The van der Waals surface area contributed by atoms with Crippen LogP contribution in [0.1, 0.15) is 17.5 Å². The predicted octanol–water partition coefficient (Wildman–Crippen LogP) is 4.15. The summed E-state index contributed by atoms with van der Waals surface area (Å²) in [7, 11) is 0. The molecule has 2 nitrogen and oxygen atoms in total. The van der Waals surface area contributed by atoms with Gasteiger partial charge in [-0.15, -0.1) is 0 Å². The van der Waals surface area contributed by atoms with Gasteiger partial charge in [-0.2, -0.15) is 0 Å². The van der Waals surface area contributed by atoms with Crippen molar-refractivity contribution in [1.82, 2.24) is 4.90 Å². The highest BCUT2D eigenvalue weighted by Crippen LogP contribution is 2.36. The topological polar surface area (TPSA) is 12.5 Å². The number of rotatable bonds is 4. The normalized spacial score (nSPS) is 17.6. The Morgan fingerprint density at radius 3 is 2.50 bits per heavy atom. The number of allylic oxidation sites excluding steroid dienone is 1. The van der Waals surface area contributed by atoms with E-state index in [1.54, 1.807) is 0 Å². The van der Waals surface area contributed by atoms with E-state index in [4.69, 9.17) is 4.74 Å². The quantitative estimate of drug-likeness (QED) is 0.838. The van der Waals surface area contributed by atoms with Gasteiger partial charge in [0.2, 0.25) is 0 Å². The summed E-state index contributed by atoms with van der Waals surface area (Å²) >= 11 is 0. The van der Waals surface area contributed by atoms with Crippen molar-refractivity contribution in [2.24, 2.45) is 0 Å². The molecule has 2 aromatic carbocycles. The molecule has 0 N–H and O–H groups in total. The van der Waals surface area contributed by atoms with E-state index < -0.39 is 0 Å². The minimum absolute atomic E-state index is 0.185. The number of morpholine rings is 1. The lowest BCUT2D eigenvalue weighted by atomic mass is 9.94. The van der Waals surface area contributed by atoms with Crippen LogP contribution in [0.15, 0.2) is 48.5 Å². The second-order valence-corrected chi connectivity index (χ2v) is 6.48. The third-order valence-electron chi connectivity index (χ3n) is 5.03. The first kappa shape index (κ1) is 15.6. The maximum atomic E-state index is 13.2. The van der Waals surface area contributed by atoms with Crippen LogP contribution in [0, 0.1) is 5.82 Å². The van der Waals surface area contributed by atoms with Crippen LogP contribution >= 0.6 is 0 Å². The van der Waals surface area contributed by atoms with Crippen LogP contribution in [0.2, 0.25) is 0 Å². The molecule has 124 valence electrons. The van der Waals surface area contributed by atoms with E-state index in [2.05, 4.69) is 29.2 Å². The van der Waals surface area contributed by atoms with Crippen LogP contribution in [0.5, 0.6) is 0 Å². The Labute approximate surface area is 142 Å². The molecule has 0 atom stereocenters. The fraction of sp³-hybridized carbons (Fsp3) is 0.333. The smallest absolute Gasteiger partial charge is 0.123 e. The van der Waals surface area contributed by atoms with Gasteiger partial charge in [0.1, 0.15) is 5.82 Å². The molecule has 2 aromatic rings. The van der Waals surface area contributed by atoms with Gasteiger partial charge in [-0.1, -0.05) is 36.4 Å². The Bertz CT molecular complexity index is 745. The molecule has 1 saturated heterocycles. The van der Waals surface area contributed by atoms with E-state index in [1.165, 1.54) is 34.4 Å². The zero-order valence-corrected chi connectivity index (χ0v) is 13.8. The van der Waals surface area contributed by atoms with Crippen molar-refractivity contribution >= 4 is 5.57 Å². The summed E-state index contributed by atoms with van der Waals surface area (Å²) in [6, 6.07) is 13.3. The highest BCUT2D eigenvalue weighted by molar-refractivity contribution is 5.81. The van der Waals surface area contributed by atoms with E-state index in [9.17, 15) is 4.39 Å². The van der Waals surface area contributed by atoms with Crippen molar-refractivity contribution in [2.75, 3.05) is 32.8 Å². The van der Waals surface area contributed by atoms with Crippen molar-refractivity contribution < 1.29 is 9.13 Å². The van der Waals surface area contributed by atoms with E-state index in [0.29, 0.717) is 0 Å². The monoisotopic (exact) mass is 323 g/mol. The van der Waals surface area contributed by atoms with Gasteiger partial charge in [0.15, 0.2) is 0 Å². The minimum atomic E-state index is -0.185. The Morgan fingerprint density at radius 1 is 0.958 bits per heavy atom. The first-order chi connectivity index (χ1) is 11.8. The van der Waals surface area contributed by atoms with Gasteiger partial charge in [0.25, 0.3) is 0 Å². The van der Waals surface area contributed by atoms with Gasteiger partial charge in [0, 0.05) is 19.6 Å². The lowest BCUT2D eigenvalue weighted by Crippen LogP contribution is -2.36. The number of hydrogen-bond acceptors (Lipinski definition) is 2. The first-order valence-corrected chi connectivity index (χ1v) is 8.68. The maximum absolute atomic E-state index is 13.2. The summed E-state index contributed by atoms with van der Waals surface area (Å²) in [6.45, 7) is 4.87. The van der Waals surface area contributed by atoms with Crippen molar-refractivity contribution in [1.29, 1.82) is 0 Å². The highest BCUT2D eigenvalue weighted by Gasteiger charge is 2.19. The molecule has 4 rings (SSSR count). The summed E-state index contributed by atoms with van der Waals surface area (Å²) in [5.74, 6) is -0.185. The number of fused-ring (bicyclic) bond motifs is 1. The van der Waals surface area contributed by atoms with Crippen LogP contribution in [0.4, 0.5) is 4.39 Å². The molecule has 0 spiro atoms. The van der Waals surface area contributed by atoms with E-state index in [1.807, 2.05) is 12.1 Å². The van der Waals surface area contributed by atoms with Crippen molar-refractivity contribution in [3.63, 3.8) is 0 Å². The van der Waals surface area contributed by atoms with Gasteiger partial charge in [-0.3, -0.25) is 4.90 Å². The third kappa shape index (κ3) is 3.14. The van der Waals surface area contributed by atoms with Crippen LogP contribution in [0.25, 0.3) is 16.7 Å². The summed E-state index contributed by atoms with van der Waals surface area (Å²) in [5.41, 5.74) is 6.51. The zero-order valence-electron chi connectivity index (χ0n) is 13.8. The Balaban J connectivity index is 1.52. The second kappa shape index (κ2) is 6.88. The van der Waals surface area contributed by atoms with Crippen LogP contribution in [0.3, 0.4) is 0 Å². The van der Waals surface area contributed by atoms with Crippen LogP contribution in [-0.4, -0.2) is 37.7 Å². The highest BCUT2D eigenvalue weighted by atomic mass is 19.1. The summed E-state index contributed by atoms with van der Waals surface area (Å²) in [4.78, 5) is 2.48. The van der Waals surface area contributed by atoms with Gasteiger partial charge in [0.05, 0.1) is 13.2 Å². The predicted molar refractivity (Wildman–Crippen MR) is 95.4 cm³/mol. The van der Waals surface area contributed by atoms with Gasteiger partial charge in [-0.05, 0) is 52.8 Å². The molecule has 1 aliphatic carbocycles. The summed E-state index contributed by atoms with van der Waals surface area (Å²) in [6.07, 6.45) is 4.42. The van der Waals surface area contributed by atoms with Crippen LogP contribution in [-0.2, 0) is 11.2 Å². The number of hydrogen-bond donors (Lipinski definition) is 0. The van der Waals surface area contributed by atoms with E-state index in [0.717, 1.165) is 51.3 Å². The standard InChI is InChI=1S/C21H22FNO/c22-18-7-4-16(5-8-18)19-2-1-3-20-17(6-9-21(19)20)10-11-23-12-14-24-15-13-23/h1-8H,9-15H2. The Hall–Kier alpha value is -1.97. The summed E-state index contributed by atoms with van der Waals surface area (Å²) < 4.78 is 18.6. The zero-order chi connectivity index (χ0) is 16.4. The Kier molecular flexibility index (Phi) is 4.46. The molecular weight excluding hydrogens is 301 g/mol. The second-order valence-electron chi connectivity index (χ2n) is 6.48. The Morgan fingerprint density at radius 2 is 1.71 bits per heavy atom. The fourth-order valence-electron chi connectivity index (χ4n) is 3.68. The minimum Gasteiger partial charge on any atom is -0.379 e. The fourth-order valence-corrected chi connectivity index (χ4v) is 3.68. The number of ether oxygens (including phenoxy) is 1. The molecular formula is C21H22FNO. The summed E-state index contributed by atoms with van der Waals surface area (Å²) in [5, 5.41) is 0. The SMILES string of the molecule is Fc1ccc(-c2cccc3c2CC=C3CCN2CCOCC2)cc1. The van der Waals surface area contributed by atoms with Gasteiger partial charge < -0.3 is 4.74 Å². The largest absolute Gasteiger partial charge is 0.379 e. The lowest BCUT2D eigenvalue weighted by molar-refractivity contribution is 0.0390. The molecule has 0 saturated carbocycles. The third-order valence-corrected chi connectivity index (χ3v) is 5.03. The molecule has 0 unspecified atom stereocenters. The molecule has 2 aliphatic rings. The molecule has 1 aliphatic heterocycles. The van der Waals surface area contributed by atoms with Gasteiger partial charge in [-0.25, -0.2) is 4.39 Å². The number of benzene rings is 2. The lowest BCUT2D eigenvalue weighted by Gasteiger charge is -2.26. The van der Waals surface area contributed by atoms with Crippen molar-refractivity contribution in [3.05, 3.63) is 65.5 Å².